The molecule has 0 radical (unpaired) electrons. The van der Waals surface area contributed by atoms with Gasteiger partial charge in [0.2, 0.25) is 0 Å². The molecule has 0 unspecified atom stereocenters. The maximum absolute atomic E-state index is 13.2. The van der Waals surface area contributed by atoms with E-state index in [0.717, 1.165) is 0 Å². The standard InChI is InChI=1S/C24H16ClF4N3O3/c25-14-6-8-17(16(10-14)21(33)13-4-2-1-3-5-13)30-24(34)20-9-7-15(35-20)12-32-19(23(28)29)11-18(31-32)22(26)27/h1-11,22-23H,12H2,(H,30,34). The molecule has 2 aromatic heterocycles. The number of carbonyl (C=O) groups excluding carboxylic acids is 2. The zero-order chi connectivity index (χ0) is 25.1. The third-order valence-electron chi connectivity index (χ3n) is 4.98. The van der Waals surface area contributed by atoms with Crippen LogP contribution >= 0.6 is 11.6 Å². The summed E-state index contributed by atoms with van der Waals surface area (Å²) in [6.45, 7) is -0.391. The van der Waals surface area contributed by atoms with Crippen molar-refractivity contribution in [3.63, 3.8) is 0 Å². The number of hydrogen-bond donors (Lipinski definition) is 1. The molecular weight excluding hydrogens is 490 g/mol. The van der Waals surface area contributed by atoms with Gasteiger partial charge in [-0.1, -0.05) is 41.9 Å². The van der Waals surface area contributed by atoms with E-state index in [-0.39, 0.29) is 28.6 Å². The van der Waals surface area contributed by atoms with Crippen LogP contribution in [0.3, 0.4) is 0 Å². The first-order chi connectivity index (χ1) is 16.7. The molecule has 0 fully saturated rings. The van der Waals surface area contributed by atoms with Gasteiger partial charge >= 0.3 is 0 Å². The number of amides is 1. The molecule has 6 nitrogen and oxygen atoms in total. The largest absolute Gasteiger partial charge is 0.454 e. The Hall–Kier alpha value is -3.92. The summed E-state index contributed by atoms with van der Waals surface area (Å²) in [5, 5.41) is 6.36. The van der Waals surface area contributed by atoms with Gasteiger partial charge in [-0.2, -0.15) is 5.10 Å². The molecule has 1 N–H and O–H groups in total. The summed E-state index contributed by atoms with van der Waals surface area (Å²) in [6.07, 6.45) is -6.04. The highest BCUT2D eigenvalue weighted by molar-refractivity contribution is 6.31. The van der Waals surface area contributed by atoms with Gasteiger partial charge in [-0.3, -0.25) is 14.3 Å². The number of halogens is 5. The zero-order valence-corrected chi connectivity index (χ0v) is 18.5. The summed E-state index contributed by atoms with van der Waals surface area (Å²) in [5.41, 5.74) is -0.764. The van der Waals surface area contributed by atoms with Crippen LogP contribution < -0.4 is 5.32 Å². The number of furan rings is 1. The highest BCUT2D eigenvalue weighted by Gasteiger charge is 2.23. The quantitative estimate of drug-likeness (QED) is 0.218. The van der Waals surface area contributed by atoms with Crippen LogP contribution in [0.25, 0.3) is 0 Å². The van der Waals surface area contributed by atoms with Crippen LogP contribution in [0, 0.1) is 0 Å². The minimum absolute atomic E-state index is 0.0395. The van der Waals surface area contributed by atoms with Crippen molar-refractivity contribution >= 4 is 29.0 Å². The number of aromatic nitrogens is 2. The van der Waals surface area contributed by atoms with Crippen molar-refractivity contribution < 1.29 is 31.6 Å². The predicted molar refractivity (Wildman–Crippen MR) is 119 cm³/mol. The van der Waals surface area contributed by atoms with Crippen LogP contribution in [-0.4, -0.2) is 21.5 Å². The second kappa shape index (κ2) is 10.1. The van der Waals surface area contributed by atoms with E-state index in [1.807, 2.05) is 0 Å². The van der Waals surface area contributed by atoms with E-state index in [2.05, 4.69) is 10.4 Å². The molecule has 0 aliphatic rings. The molecule has 0 aliphatic heterocycles. The van der Waals surface area contributed by atoms with Gasteiger partial charge in [0.25, 0.3) is 18.8 Å². The number of benzene rings is 2. The van der Waals surface area contributed by atoms with Gasteiger partial charge in [0.05, 0.1) is 12.2 Å². The number of rotatable bonds is 8. The fourth-order valence-electron chi connectivity index (χ4n) is 3.34. The van der Waals surface area contributed by atoms with Gasteiger partial charge in [-0.15, -0.1) is 0 Å². The molecule has 11 heteroatoms. The summed E-state index contributed by atoms with van der Waals surface area (Å²) in [7, 11) is 0. The van der Waals surface area contributed by atoms with Crippen molar-refractivity contribution in [2.24, 2.45) is 0 Å². The first-order valence-electron chi connectivity index (χ1n) is 10.2. The van der Waals surface area contributed by atoms with Crippen molar-refractivity contribution in [3.8, 4) is 0 Å². The van der Waals surface area contributed by atoms with E-state index in [1.165, 1.54) is 30.3 Å². The molecule has 0 saturated heterocycles. The molecule has 2 heterocycles. The summed E-state index contributed by atoms with van der Waals surface area (Å²) in [5.74, 6) is -1.23. The smallest absolute Gasteiger partial charge is 0.291 e. The van der Waals surface area contributed by atoms with E-state index >= 15 is 0 Å². The predicted octanol–water partition coefficient (Wildman–Crippen LogP) is 6.54. The van der Waals surface area contributed by atoms with E-state index in [0.29, 0.717) is 21.3 Å². The number of hydrogen-bond acceptors (Lipinski definition) is 4. The Balaban J connectivity index is 1.54. The lowest BCUT2D eigenvalue weighted by Gasteiger charge is -2.10. The fourth-order valence-corrected chi connectivity index (χ4v) is 3.51. The van der Waals surface area contributed by atoms with Gasteiger partial charge in [-0.25, -0.2) is 17.6 Å². The third-order valence-corrected chi connectivity index (χ3v) is 5.21. The summed E-state index contributed by atoms with van der Waals surface area (Å²) < 4.78 is 58.3. The lowest BCUT2D eigenvalue weighted by Crippen LogP contribution is -2.15. The van der Waals surface area contributed by atoms with Gasteiger partial charge in [0.15, 0.2) is 11.5 Å². The van der Waals surface area contributed by atoms with Crippen LogP contribution in [0.2, 0.25) is 5.02 Å². The molecule has 4 aromatic rings. The van der Waals surface area contributed by atoms with Crippen LogP contribution in [-0.2, 0) is 6.54 Å². The Morgan fingerprint density at radius 1 is 0.971 bits per heavy atom. The van der Waals surface area contributed by atoms with E-state index < -0.39 is 36.7 Å². The highest BCUT2D eigenvalue weighted by atomic mass is 35.5. The monoisotopic (exact) mass is 505 g/mol. The highest BCUT2D eigenvalue weighted by Crippen LogP contribution is 2.27. The van der Waals surface area contributed by atoms with Crippen molar-refractivity contribution in [2.45, 2.75) is 19.4 Å². The normalized spacial score (nSPS) is 11.3. The van der Waals surface area contributed by atoms with E-state index in [4.69, 9.17) is 16.0 Å². The summed E-state index contributed by atoms with van der Waals surface area (Å²) in [4.78, 5) is 25.7. The lowest BCUT2D eigenvalue weighted by molar-refractivity contribution is 0.0994. The number of carbonyl (C=O) groups is 2. The number of nitrogens with zero attached hydrogens (tertiary/aromatic N) is 2. The molecular formula is C24H16ClF4N3O3. The molecule has 180 valence electrons. The van der Waals surface area contributed by atoms with Crippen LogP contribution in [0.1, 0.15) is 56.5 Å². The number of alkyl halides is 4. The molecule has 0 saturated carbocycles. The molecule has 0 bridgehead atoms. The minimum atomic E-state index is -3.03. The lowest BCUT2D eigenvalue weighted by atomic mass is 10.0. The molecule has 1 amide bonds. The average Bonchev–Trinajstić information content (AvgIpc) is 3.48. The maximum atomic E-state index is 13.2. The number of nitrogens with one attached hydrogen (secondary N) is 1. The van der Waals surface area contributed by atoms with Gasteiger partial charge < -0.3 is 9.73 Å². The second-order valence-electron chi connectivity index (χ2n) is 7.36. The zero-order valence-electron chi connectivity index (χ0n) is 17.7. The summed E-state index contributed by atoms with van der Waals surface area (Å²) >= 11 is 6.05. The van der Waals surface area contributed by atoms with Crippen molar-refractivity contribution in [1.29, 1.82) is 0 Å². The third kappa shape index (κ3) is 5.43. The first-order valence-corrected chi connectivity index (χ1v) is 10.5. The Morgan fingerprint density at radius 2 is 1.71 bits per heavy atom. The van der Waals surface area contributed by atoms with Gasteiger partial charge in [0, 0.05) is 16.1 Å². The van der Waals surface area contributed by atoms with Crippen LogP contribution in [0.15, 0.2) is 71.1 Å². The molecule has 2 aromatic carbocycles. The summed E-state index contributed by atoms with van der Waals surface area (Å²) in [6, 6.07) is 16.0. The number of anilines is 1. The topological polar surface area (TPSA) is 77.1 Å². The minimum Gasteiger partial charge on any atom is -0.454 e. The molecule has 35 heavy (non-hydrogen) atoms. The molecule has 0 spiro atoms. The van der Waals surface area contributed by atoms with E-state index in [9.17, 15) is 27.2 Å². The SMILES string of the molecule is O=C(Nc1ccc(Cl)cc1C(=O)c1ccccc1)c1ccc(Cn2nc(C(F)F)cc2C(F)F)o1. The Labute approximate surface area is 201 Å². The van der Waals surface area contributed by atoms with Crippen molar-refractivity contribution in [3.05, 3.63) is 106 Å². The van der Waals surface area contributed by atoms with Crippen molar-refractivity contribution in [1.82, 2.24) is 9.78 Å². The van der Waals surface area contributed by atoms with Gasteiger partial charge in [-0.05, 0) is 36.4 Å². The molecule has 0 aliphatic carbocycles. The average molecular weight is 506 g/mol. The first kappa shape index (κ1) is 24.2. The maximum Gasteiger partial charge on any atom is 0.291 e. The fraction of sp³-hybridized carbons (Fsp3) is 0.125. The van der Waals surface area contributed by atoms with Gasteiger partial charge in [0.1, 0.15) is 17.1 Å². The van der Waals surface area contributed by atoms with Crippen molar-refractivity contribution in [2.75, 3.05) is 5.32 Å². The Bertz CT molecular complexity index is 1370. The second-order valence-corrected chi connectivity index (χ2v) is 7.79. The Kier molecular flexibility index (Phi) is 7.02. The van der Waals surface area contributed by atoms with Crippen LogP contribution in [0.4, 0.5) is 23.2 Å². The number of ketones is 1. The van der Waals surface area contributed by atoms with E-state index in [1.54, 1.807) is 30.3 Å². The van der Waals surface area contributed by atoms with Crippen LogP contribution in [0.5, 0.6) is 0 Å². The molecule has 0 atom stereocenters. The molecule has 4 rings (SSSR count). The Morgan fingerprint density at radius 3 is 2.40 bits per heavy atom.